The summed E-state index contributed by atoms with van der Waals surface area (Å²) in [7, 11) is -3.03. The molecule has 0 amide bonds. The second-order valence-electron chi connectivity index (χ2n) is 4.59. The number of piperidine rings is 1. The molecule has 0 aliphatic carbocycles. The van der Waals surface area contributed by atoms with Crippen molar-refractivity contribution in [3.8, 4) is 0 Å². The Morgan fingerprint density at radius 2 is 1.94 bits per heavy atom. The van der Waals surface area contributed by atoms with Crippen LogP contribution in [0, 0.1) is 5.92 Å². The molecule has 2 N–H and O–H groups in total. The third-order valence-electron chi connectivity index (χ3n) is 3.27. The predicted molar refractivity (Wildman–Crippen MR) is 66.7 cm³/mol. The van der Waals surface area contributed by atoms with Gasteiger partial charge in [-0.1, -0.05) is 19.8 Å². The maximum Gasteiger partial charge on any atom is 0.214 e. The Labute approximate surface area is 99.2 Å². The van der Waals surface area contributed by atoms with Crippen molar-refractivity contribution in [1.82, 2.24) is 4.31 Å². The van der Waals surface area contributed by atoms with Crippen LogP contribution in [-0.2, 0) is 10.0 Å². The van der Waals surface area contributed by atoms with Crippen molar-refractivity contribution in [2.75, 3.05) is 25.4 Å². The molecule has 96 valence electrons. The molecule has 4 nitrogen and oxygen atoms in total. The molecule has 0 atom stereocenters. The molecule has 1 heterocycles. The molecule has 0 bridgehead atoms. The smallest absolute Gasteiger partial charge is 0.214 e. The highest BCUT2D eigenvalue weighted by molar-refractivity contribution is 7.89. The molecule has 0 aromatic heterocycles. The fourth-order valence-electron chi connectivity index (χ4n) is 2.28. The molecular weight excluding hydrogens is 224 g/mol. The second-order valence-corrected chi connectivity index (χ2v) is 6.68. The molecule has 0 saturated carbocycles. The van der Waals surface area contributed by atoms with E-state index in [0.717, 1.165) is 18.8 Å². The van der Waals surface area contributed by atoms with Gasteiger partial charge in [-0.25, -0.2) is 12.7 Å². The Balaban J connectivity index is 2.40. The average molecular weight is 248 g/mol. The quantitative estimate of drug-likeness (QED) is 0.767. The van der Waals surface area contributed by atoms with Crippen molar-refractivity contribution in [2.24, 2.45) is 11.7 Å². The van der Waals surface area contributed by atoms with E-state index in [4.69, 9.17) is 5.73 Å². The number of hydrogen-bond donors (Lipinski definition) is 1. The average Bonchev–Trinajstić information content (AvgIpc) is 2.28. The molecule has 5 heteroatoms. The highest BCUT2D eigenvalue weighted by Gasteiger charge is 2.26. The van der Waals surface area contributed by atoms with Crippen LogP contribution in [0.1, 0.15) is 39.0 Å². The Hall–Kier alpha value is -0.130. The van der Waals surface area contributed by atoms with Crippen LogP contribution in [-0.4, -0.2) is 38.1 Å². The van der Waals surface area contributed by atoms with Gasteiger partial charge in [-0.2, -0.15) is 0 Å². The van der Waals surface area contributed by atoms with Crippen LogP contribution in [0.4, 0.5) is 0 Å². The highest BCUT2D eigenvalue weighted by atomic mass is 32.2. The fraction of sp³-hybridized carbons (Fsp3) is 1.00. The Kier molecular flexibility index (Phi) is 5.72. The summed E-state index contributed by atoms with van der Waals surface area (Å²) >= 11 is 0. The van der Waals surface area contributed by atoms with E-state index in [9.17, 15) is 8.42 Å². The van der Waals surface area contributed by atoms with Crippen LogP contribution in [0.15, 0.2) is 0 Å². The normalized spacial score (nSPS) is 20.1. The van der Waals surface area contributed by atoms with Gasteiger partial charge in [0.05, 0.1) is 5.75 Å². The number of rotatable bonds is 6. The minimum Gasteiger partial charge on any atom is -0.330 e. The maximum atomic E-state index is 11.9. The lowest BCUT2D eigenvalue weighted by Gasteiger charge is -2.31. The molecule has 1 rings (SSSR count). The van der Waals surface area contributed by atoms with Crippen molar-refractivity contribution in [3.63, 3.8) is 0 Å². The van der Waals surface area contributed by atoms with Crippen LogP contribution in [0.25, 0.3) is 0 Å². The molecule has 0 spiro atoms. The minimum atomic E-state index is -3.03. The molecule has 0 unspecified atom stereocenters. The molecular formula is C11H24N2O2S. The predicted octanol–water partition coefficient (Wildman–Crippen LogP) is 1.18. The Morgan fingerprint density at radius 3 is 2.44 bits per heavy atom. The van der Waals surface area contributed by atoms with E-state index in [0.29, 0.717) is 26.1 Å². The fourth-order valence-corrected chi connectivity index (χ4v) is 3.84. The zero-order valence-electron chi connectivity index (χ0n) is 10.2. The van der Waals surface area contributed by atoms with Crippen LogP contribution in [0.3, 0.4) is 0 Å². The van der Waals surface area contributed by atoms with E-state index in [2.05, 4.69) is 6.92 Å². The largest absolute Gasteiger partial charge is 0.330 e. The first-order chi connectivity index (χ1) is 7.60. The summed E-state index contributed by atoms with van der Waals surface area (Å²) in [6, 6.07) is 0. The third kappa shape index (κ3) is 4.03. The van der Waals surface area contributed by atoms with Crippen LogP contribution in [0.5, 0.6) is 0 Å². The molecule has 1 fully saturated rings. The van der Waals surface area contributed by atoms with E-state index in [1.807, 2.05) is 0 Å². The van der Waals surface area contributed by atoms with Gasteiger partial charge in [0.2, 0.25) is 10.0 Å². The Bertz CT molecular complexity index is 282. The summed E-state index contributed by atoms with van der Waals surface area (Å²) in [6.45, 7) is 4.05. The minimum absolute atomic E-state index is 0.210. The first-order valence-corrected chi connectivity index (χ1v) is 7.89. The molecule has 1 aliphatic heterocycles. The van der Waals surface area contributed by atoms with E-state index in [1.165, 1.54) is 12.8 Å². The topological polar surface area (TPSA) is 63.4 Å². The monoisotopic (exact) mass is 248 g/mol. The lowest BCUT2D eigenvalue weighted by atomic mass is 9.94. The van der Waals surface area contributed by atoms with Crippen LogP contribution >= 0.6 is 0 Å². The number of nitrogens with zero attached hydrogens (tertiary/aromatic N) is 1. The summed E-state index contributed by atoms with van der Waals surface area (Å²) in [4.78, 5) is 0. The van der Waals surface area contributed by atoms with Gasteiger partial charge in [-0.3, -0.25) is 0 Å². The first-order valence-electron chi connectivity index (χ1n) is 6.28. The molecule has 16 heavy (non-hydrogen) atoms. The summed E-state index contributed by atoms with van der Waals surface area (Å²) in [5, 5.41) is 0. The van der Waals surface area contributed by atoms with Crippen molar-refractivity contribution in [2.45, 2.75) is 39.0 Å². The van der Waals surface area contributed by atoms with Crippen molar-refractivity contribution < 1.29 is 8.42 Å². The summed E-state index contributed by atoms with van der Waals surface area (Å²) in [6.07, 6.45) is 5.05. The lowest BCUT2D eigenvalue weighted by Crippen LogP contribution is -2.40. The highest BCUT2D eigenvalue weighted by Crippen LogP contribution is 2.23. The number of sulfonamides is 1. The van der Waals surface area contributed by atoms with Gasteiger partial charge < -0.3 is 5.73 Å². The van der Waals surface area contributed by atoms with Crippen LogP contribution in [0.2, 0.25) is 0 Å². The van der Waals surface area contributed by atoms with E-state index < -0.39 is 10.0 Å². The molecule has 0 aromatic carbocycles. The van der Waals surface area contributed by atoms with Crippen molar-refractivity contribution in [1.29, 1.82) is 0 Å². The maximum absolute atomic E-state index is 11.9. The van der Waals surface area contributed by atoms with Gasteiger partial charge in [-0.05, 0) is 31.7 Å². The third-order valence-corrected chi connectivity index (χ3v) is 5.23. The van der Waals surface area contributed by atoms with Gasteiger partial charge in [0.15, 0.2) is 0 Å². The summed E-state index contributed by atoms with van der Waals surface area (Å²) < 4.78 is 25.4. The van der Waals surface area contributed by atoms with E-state index >= 15 is 0 Å². The lowest BCUT2D eigenvalue weighted by molar-refractivity contribution is 0.262. The van der Waals surface area contributed by atoms with Gasteiger partial charge in [-0.15, -0.1) is 0 Å². The van der Waals surface area contributed by atoms with Gasteiger partial charge >= 0.3 is 0 Å². The van der Waals surface area contributed by atoms with Crippen LogP contribution < -0.4 is 5.73 Å². The van der Waals surface area contributed by atoms with Crippen molar-refractivity contribution >= 4 is 10.0 Å². The van der Waals surface area contributed by atoms with E-state index in [-0.39, 0.29) is 5.75 Å². The van der Waals surface area contributed by atoms with E-state index in [1.54, 1.807) is 4.31 Å². The van der Waals surface area contributed by atoms with Gasteiger partial charge in [0.25, 0.3) is 0 Å². The van der Waals surface area contributed by atoms with Crippen molar-refractivity contribution in [3.05, 3.63) is 0 Å². The molecule has 1 saturated heterocycles. The zero-order chi connectivity index (χ0) is 12.0. The molecule has 1 aliphatic rings. The Morgan fingerprint density at radius 1 is 1.31 bits per heavy atom. The molecule has 0 radical (unpaired) electrons. The first kappa shape index (κ1) is 13.9. The van der Waals surface area contributed by atoms with Gasteiger partial charge in [0, 0.05) is 13.1 Å². The summed E-state index contributed by atoms with van der Waals surface area (Å²) in [5.74, 6) is 0.938. The SMILES string of the molecule is CCCC1CCN(S(=O)(=O)CCCN)CC1. The number of nitrogens with two attached hydrogens (primary N) is 1. The number of hydrogen-bond acceptors (Lipinski definition) is 3. The van der Waals surface area contributed by atoms with Gasteiger partial charge in [0.1, 0.15) is 0 Å². The second kappa shape index (κ2) is 6.57. The zero-order valence-corrected chi connectivity index (χ0v) is 11.0. The summed E-state index contributed by atoms with van der Waals surface area (Å²) in [5.41, 5.74) is 5.34. The standard InChI is InChI=1S/C11H24N2O2S/c1-2-4-11-5-8-13(9-6-11)16(14,15)10-3-7-12/h11H,2-10,12H2,1H3. The molecule has 0 aromatic rings.